The van der Waals surface area contributed by atoms with E-state index in [9.17, 15) is 13.2 Å². The normalized spacial score (nSPS) is 18.1. The molecule has 1 fully saturated rings. The van der Waals surface area contributed by atoms with Crippen LogP contribution in [0, 0.1) is 0 Å². The second-order valence-corrected chi connectivity index (χ2v) is 8.32. The molecule has 7 heteroatoms. The molecule has 0 unspecified atom stereocenters. The number of hydrogen-bond acceptors (Lipinski definition) is 3. The fourth-order valence-electron chi connectivity index (χ4n) is 2.03. The molecule has 1 aliphatic rings. The third-order valence-electron chi connectivity index (χ3n) is 3.16. The average molecular weight is 305 g/mol. The standard InChI is InChI=1S/C13H27N3O3S/c1-5-6-11-20(18,19)16-9-7-15(8-10-16)12(17)14-13(2,3)4/h5-11H2,1-4H3,(H,14,17). The van der Waals surface area contributed by atoms with Crippen LogP contribution in [-0.4, -0.2) is 61.1 Å². The molecule has 0 aliphatic carbocycles. The second-order valence-electron chi connectivity index (χ2n) is 6.24. The SMILES string of the molecule is CCCCS(=O)(=O)N1CCN(C(=O)NC(C)(C)C)CC1. The Kier molecular flexibility index (Phi) is 5.82. The van der Waals surface area contributed by atoms with Crippen LogP contribution in [0.1, 0.15) is 40.5 Å². The van der Waals surface area contributed by atoms with E-state index in [1.165, 1.54) is 4.31 Å². The molecule has 20 heavy (non-hydrogen) atoms. The molecule has 1 rings (SSSR count). The molecule has 0 atom stereocenters. The Hall–Kier alpha value is -0.820. The summed E-state index contributed by atoms with van der Waals surface area (Å²) in [4.78, 5) is 13.7. The van der Waals surface area contributed by atoms with Gasteiger partial charge in [0, 0.05) is 31.7 Å². The van der Waals surface area contributed by atoms with Crippen LogP contribution < -0.4 is 5.32 Å². The van der Waals surface area contributed by atoms with Crippen molar-refractivity contribution in [2.75, 3.05) is 31.9 Å². The number of rotatable bonds is 4. The first-order valence-corrected chi connectivity index (χ1v) is 8.81. The zero-order valence-electron chi connectivity index (χ0n) is 13.0. The van der Waals surface area contributed by atoms with Crippen molar-refractivity contribution in [3.05, 3.63) is 0 Å². The number of unbranched alkanes of at least 4 members (excludes halogenated alkanes) is 1. The largest absolute Gasteiger partial charge is 0.333 e. The van der Waals surface area contributed by atoms with Crippen LogP contribution in [0.15, 0.2) is 0 Å². The lowest BCUT2D eigenvalue weighted by atomic mass is 10.1. The molecular weight excluding hydrogens is 278 g/mol. The number of nitrogens with zero attached hydrogens (tertiary/aromatic N) is 2. The molecule has 118 valence electrons. The Balaban J connectivity index is 2.49. The van der Waals surface area contributed by atoms with Gasteiger partial charge < -0.3 is 10.2 Å². The number of sulfonamides is 1. The molecule has 0 aromatic carbocycles. The topological polar surface area (TPSA) is 69.7 Å². The second kappa shape index (κ2) is 6.76. The first-order chi connectivity index (χ1) is 9.15. The number of carbonyl (C=O) groups is 1. The van der Waals surface area contributed by atoms with Gasteiger partial charge >= 0.3 is 6.03 Å². The highest BCUT2D eigenvalue weighted by Gasteiger charge is 2.29. The molecule has 0 radical (unpaired) electrons. The number of urea groups is 1. The quantitative estimate of drug-likeness (QED) is 0.849. The van der Waals surface area contributed by atoms with E-state index in [-0.39, 0.29) is 17.3 Å². The molecule has 1 heterocycles. The van der Waals surface area contributed by atoms with Gasteiger partial charge in [-0.25, -0.2) is 13.2 Å². The Morgan fingerprint density at radius 3 is 2.15 bits per heavy atom. The van der Waals surface area contributed by atoms with E-state index in [4.69, 9.17) is 0 Å². The van der Waals surface area contributed by atoms with Gasteiger partial charge in [0.25, 0.3) is 0 Å². The Labute approximate surface area is 122 Å². The summed E-state index contributed by atoms with van der Waals surface area (Å²) in [6.07, 6.45) is 1.56. The summed E-state index contributed by atoms with van der Waals surface area (Å²) in [5.41, 5.74) is -0.276. The van der Waals surface area contributed by atoms with Gasteiger partial charge in [0.05, 0.1) is 5.75 Å². The Morgan fingerprint density at radius 1 is 1.15 bits per heavy atom. The van der Waals surface area contributed by atoms with E-state index in [2.05, 4.69) is 5.32 Å². The third kappa shape index (κ3) is 5.28. The summed E-state index contributed by atoms with van der Waals surface area (Å²) >= 11 is 0. The first-order valence-electron chi connectivity index (χ1n) is 7.20. The van der Waals surface area contributed by atoms with Gasteiger partial charge in [0.15, 0.2) is 0 Å². The number of hydrogen-bond donors (Lipinski definition) is 1. The van der Waals surface area contributed by atoms with Crippen molar-refractivity contribution in [2.24, 2.45) is 0 Å². The van der Waals surface area contributed by atoms with E-state index in [1.807, 2.05) is 27.7 Å². The summed E-state index contributed by atoms with van der Waals surface area (Å²) in [5.74, 6) is 0.206. The van der Waals surface area contributed by atoms with Crippen molar-refractivity contribution < 1.29 is 13.2 Å². The Morgan fingerprint density at radius 2 is 1.70 bits per heavy atom. The lowest BCUT2D eigenvalue weighted by Crippen LogP contribution is -2.56. The lowest BCUT2D eigenvalue weighted by Gasteiger charge is -2.35. The highest BCUT2D eigenvalue weighted by Crippen LogP contribution is 2.11. The summed E-state index contributed by atoms with van der Waals surface area (Å²) in [6, 6.07) is -0.122. The molecule has 1 saturated heterocycles. The lowest BCUT2D eigenvalue weighted by molar-refractivity contribution is 0.165. The van der Waals surface area contributed by atoms with Crippen LogP contribution in [0.2, 0.25) is 0 Å². The predicted octanol–water partition coefficient (Wildman–Crippen LogP) is 1.24. The monoisotopic (exact) mass is 305 g/mol. The highest BCUT2D eigenvalue weighted by atomic mass is 32.2. The van der Waals surface area contributed by atoms with Crippen molar-refractivity contribution in [1.82, 2.24) is 14.5 Å². The Bertz CT molecular complexity index is 421. The van der Waals surface area contributed by atoms with Gasteiger partial charge in [-0.15, -0.1) is 0 Å². The van der Waals surface area contributed by atoms with Gasteiger partial charge in [-0.1, -0.05) is 13.3 Å². The number of nitrogens with one attached hydrogen (secondary N) is 1. The number of piperazine rings is 1. The highest BCUT2D eigenvalue weighted by molar-refractivity contribution is 7.89. The molecule has 0 spiro atoms. The molecule has 1 N–H and O–H groups in total. The molecule has 2 amide bonds. The summed E-state index contributed by atoms with van der Waals surface area (Å²) < 4.78 is 25.6. The molecule has 0 aromatic heterocycles. The molecular formula is C13H27N3O3S. The van der Waals surface area contributed by atoms with Crippen LogP contribution in [0.3, 0.4) is 0 Å². The van der Waals surface area contributed by atoms with Gasteiger partial charge in [0.2, 0.25) is 10.0 Å². The van der Waals surface area contributed by atoms with Crippen molar-refractivity contribution in [1.29, 1.82) is 0 Å². The summed E-state index contributed by atoms with van der Waals surface area (Å²) in [7, 11) is -3.15. The van der Waals surface area contributed by atoms with Crippen molar-refractivity contribution in [3.63, 3.8) is 0 Å². The van der Waals surface area contributed by atoms with Crippen LogP contribution in [-0.2, 0) is 10.0 Å². The summed E-state index contributed by atoms with van der Waals surface area (Å²) in [6.45, 7) is 9.45. The minimum Gasteiger partial charge on any atom is -0.333 e. The van der Waals surface area contributed by atoms with Crippen LogP contribution in [0.5, 0.6) is 0 Å². The molecule has 0 aromatic rings. The maximum Gasteiger partial charge on any atom is 0.317 e. The van der Waals surface area contributed by atoms with E-state index < -0.39 is 10.0 Å². The smallest absolute Gasteiger partial charge is 0.317 e. The van der Waals surface area contributed by atoms with Gasteiger partial charge in [-0.05, 0) is 27.2 Å². The van der Waals surface area contributed by atoms with Crippen LogP contribution in [0.4, 0.5) is 4.79 Å². The zero-order valence-corrected chi connectivity index (χ0v) is 13.8. The average Bonchev–Trinajstić information content (AvgIpc) is 2.34. The number of carbonyl (C=O) groups excluding carboxylic acids is 1. The van der Waals surface area contributed by atoms with E-state index in [0.29, 0.717) is 32.6 Å². The fraction of sp³-hybridized carbons (Fsp3) is 0.923. The summed E-state index contributed by atoms with van der Waals surface area (Å²) in [5, 5.41) is 2.90. The first kappa shape index (κ1) is 17.2. The predicted molar refractivity (Wildman–Crippen MR) is 80.1 cm³/mol. The van der Waals surface area contributed by atoms with Gasteiger partial charge in [-0.3, -0.25) is 0 Å². The molecule has 1 aliphatic heterocycles. The van der Waals surface area contributed by atoms with Crippen molar-refractivity contribution >= 4 is 16.1 Å². The van der Waals surface area contributed by atoms with Gasteiger partial charge in [0.1, 0.15) is 0 Å². The molecule has 6 nitrogen and oxygen atoms in total. The minimum absolute atomic E-state index is 0.122. The van der Waals surface area contributed by atoms with E-state index >= 15 is 0 Å². The van der Waals surface area contributed by atoms with Crippen molar-refractivity contribution in [2.45, 2.75) is 46.1 Å². The van der Waals surface area contributed by atoms with Crippen LogP contribution in [0.25, 0.3) is 0 Å². The van der Waals surface area contributed by atoms with Crippen molar-refractivity contribution in [3.8, 4) is 0 Å². The van der Waals surface area contributed by atoms with E-state index in [1.54, 1.807) is 4.90 Å². The van der Waals surface area contributed by atoms with E-state index in [0.717, 1.165) is 6.42 Å². The molecule has 0 bridgehead atoms. The maximum absolute atomic E-state index is 12.1. The third-order valence-corrected chi connectivity index (χ3v) is 5.11. The zero-order chi connectivity index (χ0) is 15.4. The fourth-order valence-corrected chi connectivity index (χ4v) is 3.66. The maximum atomic E-state index is 12.1. The van der Waals surface area contributed by atoms with Crippen LogP contribution >= 0.6 is 0 Å². The molecule has 0 saturated carbocycles. The minimum atomic E-state index is -3.15. The van der Waals surface area contributed by atoms with Gasteiger partial charge in [-0.2, -0.15) is 4.31 Å². The number of amides is 2.